The van der Waals surface area contributed by atoms with E-state index < -0.39 is 0 Å². The van der Waals surface area contributed by atoms with Crippen molar-refractivity contribution in [2.45, 2.75) is 39.0 Å². The zero-order chi connectivity index (χ0) is 13.7. The van der Waals surface area contributed by atoms with Gasteiger partial charge in [0.25, 0.3) is 0 Å². The van der Waals surface area contributed by atoms with Gasteiger partial charge in [-0.3, -0.25) is 0 Å². The van der Waals surface area contributed by atoms with Crippen molar-refractivity contribution >= 4 is 0 Å². The fourth-order valence-electron chi connectivity index (χ4n) is 3.28. The molecule has 0 spiro atoms. The first-order valence-corrected chi connectivity index (χ1v) is 7.31. The fourth-order valence-corrected chi connectivity index (χ4v) is 3.28. The van der Waals surface area contributed by atoms with Crippen LogP contribution in [-0.2, 0) is 28.7 Å². The summed E-state index contributed by atoms with van der Waals surface area (Å²) in [5, 5.41) is 0. The van der Waals surface area contributed by atoms with Crippen molar-refractivity contribution in [1.82, 2.24) is 0 Å². The molecule has 0 saturated carbocycles. The monoisotopic (exact) mass is 262 g/mol. The first kappa shape index (κ1) is 14.5. The largest absolute Gasteiger partial charge is 0.384 e. The Morgan fingerprint density at radius 2 is 1.74 bits per heavy atom. The van der Waals surface area contributed by atoms with Gasteiger partial charge in [0.15, 0.2) is 0 Å². The number of hydrogen-bond donors (Lipinski definition) is 0. The van der Waals surface area contributed by atoms with Crippen LogP contribution in [0.2, 0.25) is 0 Å². The molecule has 0 unspecified atom stereocenters. The lowest BCUT2D eigenvalue weighted by Gasteiger charge is -2.26. The van der Waals surface area contributed by atoms with Crippen molar-refractivity contribution in [1.29, 1.82) is 0 Å². The number of methoxy groups -OCH3 is 2. The van der Waals surface area contributed by atoms with Crippen LogP contribution < -0.4 is 0 Å². The van der Waals surface area contributed by atoms with E-state index in [1.54, 1.807) is 14.2 Å². The number of aryl methyl sites for hydroxylation is 1. The number of ether oxygens (including phenoxy) is 2. The first-order valence-electron chi connectivity index (χ1n) is 7.31. The van der Waals surface area contributed by atoms with Gasteiger partial charge in [-0.2, -0.15) is 0 Å². The van der Waals surface area contributed by atoms with Crippen molar-refractivity contribution < 1.29 is 9.47 Å². The highest BCUT2D eigenvalue weighted by molar-refractivity contribution is 5.38. The second-order valence-corrected chi connectivity index (χ2v) is 5.93. The Kier molecular flexibility index (Phi) is 5.00. The van der Waals surface area contributed by atoms with E-state index in [0.29, 0.717) is 0 Å². The summed E-state index contributed by atoms with van der Waals surface area (Å²) >= 11 is 0. The highest BCUT2D eigenvalue weighted by atomic mass is 16.5. The SMILES string of the molecule is CCCCc1ccc2c(c1)CC(COC)(COC)C2. The third-order valence-electron chi connectivity index (χ3n) is 4.12. The topological polar surface area (TPSA) is 18.5 Å². The van der Waals surface area contributed by atoms with Gasteiger partial charge in [0.1, 0.15) is 0 Å². The van der Waals surface area contributed by atoms with Crippen molar-refractivity contribution in [2.24, 2.45) is 5.41 Å². The van der Waals surface area contributed by atoms with Gasteiger partial charge in [0.2, 0.25) is 0 Å². The van der Waals surface area contributed by atoms with E-state index in [4.69, 9.17) is 9.47 Å². The van der Waals surface area contributed by atoms with Crippen LogP contribution in [0.5, 0.6) is 0 Å². The van der Waals surface area contributed by atoms with Crippen LogP contribution in [0.25, 0.3) is 0 Å². The molecule has 0 atom stereocenters. The summed E-state index contributed by atoms with van der Waals surface area (Å²) < 4.78 is 10.9. The maximum absolute atomic E-state index is 5.43. The van der Waals surface area contributed by atoms with Crippen molar-refractivity contribution in [3.8, 4) is 0 Å². The molecule has 0 fully saturated rings. The Balaban J connectivity index is 2.13. The van der Waals surface area contributed by atoms with Crippen LogP contribution in [0.1, 0.15) is 36.5 Å². The number of hydrogen-bond acceptors (Lipinski definition) is 2. The van der Waals surface area contributed by atoms with Crippen LogP contribution >= 0.6 is 0 Å². The number of benzene rings is 1. The summed E-state index contributed by atoms with van der Waals surface area (Å²) in [5.41, 5.74) is 4.61. The average molecular weight is 262 g/mol. The molecule has 0 bridgehead atoms. The molecule has 2 heteroatoms. The van der Waals surface area contributed by atoms with Crippen LogP contribution in [0.15, 0.2) is 18.2 Å². The van der Waals surface area contributed by atoms with Crippen LogP contribution in [0.4, 0.5) is 0 Å². The highest BCUT2D eigenvalue weighted by Gasteiger charge is 2.37. The quantitative estimate of drug-likeness (QED) is 0.749. The summed E-state index contributed by atoms with van der Waals surface area (Å²) in [5.74, 6) is 0. The Morgan fingerprint density at radius 3 is 2.37 bits per heavy atom. The molecule has 0 saturated heterocycles. The van der Waals surface area contributed by atoms with Crippen LogP contribution in [-0.4, -0.2) is 27.4 Å². The minimum absolute atomic E-state index is 0.148. The van der Waals surface area contributed by atoms with Crippen molar-refractivity contribution in [3.05, 3.63) is 34.9 Å². The lowest BCUT2D eigenvalue weighted by atomic mass is 9.86. The van der Waals surface area contributed by atoms with Gasteiger partial charge in [-0.15, -0.1) is 0 Å². The molecular weight excluding hydrogens is 236 g/mol. The number of fused-ring (bicyclic) bond motifs is 1. The summed E-state index contributed by atoms with van der Waals surface area (Å²) in [6.07, 6.45) is 5.90. The molecule has 19 heavy (non-hydrogen) atoms. The van der Waals surface area contributed by atoms with Crippen LogP contribution in [0, 0.1) is 5.41 Å². The minimum atomic E-state index is 0.148. The number of rotatable bonds is 7. The van der Waals surface area contributed by atoms with Gasteiger partial charge >= 0.3 is 0 Å². The standard InChI is InChI=1S/C17H26O2/c1-4-5-6-14-7-8-15-10-17(12-18-2,13-19-3)11-16(15)9-14/h7-9H,4-6,10-13H2,1-3H3. The van der Waals surface area contributed by atoms with Gasteiger partial charge in [-0.1, -0.05) is 31.5 Å². The number of unbranched alkanes of at least 4 members (excludes halogenated alkanes) is 1. The van der Waals surface area contributed by atoms with Crippen molar-refractivity contribution in [2.75, 3.05) is 27.4 Å². The molecule has 1 aliphatic carbocycles. The molecule has 0 amide bonds. The molecule has 0 radical (unpaired) electrons. The Bertz CT molecular complexity index is 406. The summed E-state index contributed by atoms with van der Waals surface area (Å²) in [6, 6.07) is 7.01. The van der Waals surface area contributed by atoms with E-state index in [9.17, 15) is 0 Å². The molecule has 106 valence electrons. The minimum Gasteiger partial charge on any atom is -0.384 e. The smallest absolute Gasteiger partial charge is 0.0547 e. The van der Waals surface area contributed by atoms with Gasteiger partial charge < -0.3 is 9.47 Å². The van der Waals surface area contributed by atoms with Gasteiger partial charge in [0.05, 0.1) is 13.2 Å². The molecule has 1 aliphatic rings. The summed E-state index contributed by atoms with van der Waals surface area (Å²) in [7, 11) is 3.57. The predicted molar refractivity (Wildman–Crippen MR) is 78.6 cm³/mol. The lowest BCUT2D eigenvalue weighted by molar-refractivity contribution is 0.0168. The summed E-state index contributed by atoms with van der Waals surface area (Å²) in [6.45, 7) is 3.80. The zero-order valence-electron chi connectivity index (χ0n) is 12.5. The van der Waals surface area contributed by atoms with Crippen molar-refractivity contribution in [3.63, 3.8) is 0 Å². The van der Waals surface area contributed by atoms with Gasteiger partial charge in [-0.05, 0) is 42.4 Å². The van der Waals surface area contributed by atoms with E-state index >= 15 is 0 Å². The molecule has 0 aliphatic heterocycles. The molecule has 2 nitrogen and oxygen atoms in total. The Labute approximate surface area is 117 Å². The zero-order valence-corrected chi connectivity index (χ0v) is 12.5. The molecule has 1 aromatic rings. The molecule has 2 rings (SSSR count). The fraction of sp³-hybridized carbons (Fsp3) is 0.647. The summed E-state index contributed by atoms with van der Waals surface area (Å²) in [4.78, 5) is 0. The molecular formula is C17H26O2. The van der Waals surface area contributed by atoms with E-state index in [0.717, 1.165) is 26.1 Å². The van der Waals surface area contributed by atoms with E-state index in [1.165, 1.54) is 36.0 Å². The first-order chi connectivity index (χ1) is 9.23. The Hall–Kier alpha value is -0.860. The molecule has 1 aromatic carbocycles. The molecule has 0 heterocycles. The lowest BCUT2D eigenvalue weighted by Crippen LogP contribution is -2.32. The van der Waals surface area contributed by atoms with E-state index in [1.807, 2.05) is 0 Å². The highest BCUT2D eigenvalue weighted by Crippen LogP contribution is 2.38. The van der Waals surface area contributed by atoms with E-state index in [2.05, 4.69) is 25.1 Å². The predicted octanol–water partition coefficient (Wildman–Crippen LogP) is 3.41. The maximum atomic E-state index is 5.43. The third-order valence-corrected chi connectivity index (χ3v) is 4.12. The van der Waals surface area contributed by atoms with Crippen LogP contribution in [0.3, 0.4) is 0 Å². The van der Waals surface area contributed by atoms with E-state index in [-0.39, 0.29) is 5.41 Å². The second-order valence-electron chi connectivity index (χ2n) is 5.93. The Morgan fingerprint density at radius 1 is 1.05 bits per heavy atom. The third kappa shape index (κ3) is 3.37. The molecule has 0 N–H and O–H groups in total. The van der Waals surface area contributed by atoms with Gasteiger partial charge in [0, 0.05) is 19.6 Å². The normalized spacial score (nSPS) is 16.6. The maximum Gasteiger partial charge on any atom is 0.0547 e. The van der Waals surface area contributed by atoms with Gasteiger partial charge in [-0.25, -0.2) is 0 Å². The molecule has 0 aromatic heterocycles. The average Bonchev–Trinajstić information content (AvgIpc) is 2.74. The second kappa shape index (κ2) is 6.53.